The Bertz CT molecular complexity index is 1090. The molecule has 9 nitrogen and oxygen atoms in total. The molecule has 1 saturated heterocycles. The van der Waals surface area contributed by atoms with Gasteiger partial charge in [-0.05, 0) is 36.1 Å². The highest BCUT2D eigenvalue weighted by atomic mass is 16.6. The van der Waals surface area contributed by atoms with Gasteiger partial charge in [0.2, 0.25) is 0 Å². The number of likely N-dealkylation sites (tertiary alicyclic amines) is 1. The molecular weight excluding hydrogens is 410 g/mol. The lowest BCUT2D eigenvalue weighted by Crippen LogP contribution is -2.35. The lowest BCUT2D eigenvalue weighted by Gasteiger charge is -2.29. The standard InChI is InChI=1S/C23H25N5O4/c29-21-8-11-26(12-9-21)16-18-6-4-17(5-7-18)15-24-23(30)22-10-13-27(25-22)19-2-1-3-20(14-19)28(31)32/h1-7,10,13-14,21,29H,8-9,11-12,15-16H2,(H,24,30). The van der Waals surface area contributed by atoms with Crippen molar-refractivity contribution in [2.75, 3.05) is 13.1 Å². The van der Waals surface area contributed by atoms with Crippen molar-refractivity contribution in [1.29, 1.82) is 0 Å². The van der Waals surface area contributed by atoms with Gasteiger partial charge in [-0.2, -0.15) is 5.10 Å². The van der Waals surface area contributed by atoms with Crippen molar-refractivity contribution in [2.45, 2.75) is 32.0 Å². The third kappa shape index (κ3) is 5.37. The van der Waals surface area contributed by atoms with Crippen LogP contribution in [0.4, 0.5) is 5.69 Å². The Kier molecular flexibility index (Phi) is 6.58. The predicted octanol–water partition coefficient (Wildman–Crippen LogP) is 2.67. The minimum Gasteiger partial charge on any atom is -0.393 e. The summed E-state index contributed by atoms with van der Waals surface area (Å²) in [7, 11) is 0. The van der Waals surface area contributed by atoms with Gasteiger partial charge in [0.05, 0.1) is 16.7 Å². The van der Waals surface area contributed by atoms with Crippen molar-refractivity contribution < 1.29 is 14.8 Å². The van der Waals surface area contributed by atoms with E-state index in [1.54, 1.807) is 24.4 Å². The second kappa shape index (κ2) is 9.71. The average Bonchev–Trinajstić information content (AvgIpc) is 3.30. The second-order valence-electron chi connectivity index (χ2n) is 7.93. The van der Waals surface area contributed by atoms with E-state index in [0.717, 1.165) is 38.0 Å². The van der Waals surface area contributed by atoms with Crippen molar-refractivity contribution >= 4 is 11.6 Å². The fraction of sp³-hybridized carbons (Fsp3) is 0.304. The number of rotatable bonds is 7. The van der Waals surface area contributed by atoms with Crippen LogP contribution in [0.1, 0.15) is 34.5 Å². The van der Waals surface area contributed by atoms with Crippen molar-refractivity contribution in [3.8, 4) is 5.69 Å². The Morgan fingerprint density at radius 3 is 2.56 bits per heavy atom. The molecule has 1 amide bonds. The molecule has 2 heterocycles. The van der Waals surface area contributed by atoms with Crippen molar-refractivity contribution in [2.24, 2.45) is 0 Å². The summed E-state index contributed by atoms with van der Waals surface area (Å²) in [6.45, 7) is 3.04. The number of benzene rings is 2. The van der Waals surface area contributed by atoms with Crippen LogP contribution in [0.3, 0.4) is 0 Å². The zero-order valence-electron chi connectivity index (χ0n) is 17.6. The monoisotopic (exact) mass is 435 g/mol. The smallest absolute Gasteiger partial charge is 0.272 e. The lowest BCUT2D eigenvalue weighted by molar-refractivity contribution is -0.384. The fourth-order valence-electron chi connectivity index (χ4n) is 3.71. The van der Waals surface area contributed by atoms with Gasteiger partial charge in [-0.1, -0.05) is 30.3 Å². The summed E-state index contributed by atoms with van der Waals surface area (Å²) >= 11 is 0. The number of nitrogens with zero attached hydrogens (tertiary/aromatic N) is 4. The summed E-state index contributed by atoms with van der Waals surface area (Å²) in [5.41, 5.74) is 2.89. The van der Waals surface area contributed by atoms with Gasteiger partial charge in [-0.15, -0.1) is 0 Å². The number of aliphatic hydroxyl groups is 1. The molecule has 32 heavy (non-hydrogen) atoms. The SMILES string of the molecule is O=C(NCc1ccc(CN2CCC(O)CC2)cc1)c1ccn(-c2cccc([N+](=O)[O-])c2)n1. The minimum atomic E-state index is -0.469. The maximum absolute atomic E-state index is 12.5. The van der Waals surface area contributed by atoms with E-state index in [-0.39, 0.29) is 23.4 Å². The van der Waals surface area contributed by atoms with Crippen LogP contribution in [0, 0.1) is 10.1 Å². The number of hydrogen-bond donors (Lipinski definition) is 2. The number of nitrogens with one attached hydrogen (secondary N) is 1. The summed E-state index contributed by atoms with van der Waals surface area (Å²) in [6, 6.07) is 15.8. The van der Waals surface area contributed by atoms with E-state index in [2.05, 4.69) is 27.4 Å². The molecule has 1 aliphatic heterocycles. The normalized spacial score (nSPS) is 14.9. The first kappa shape index (κ1) is 21.7. The first-order valence-electron chi connectivity index (χ1n) is 10.5. The van der Waals surface area contributed by atoms with Crippen LogP contribution >= 0.6 is 0 Å². The third-order valence-electron chi connectivity index (χ3n) is 5.57. The topological polar surface area (TPSA) is 114 Å². The van der Waals surface area contributed by atoms with Crippen LogP contribution in [0.25, 0.3) is 5.69 Å². The molecular formula is C23H25N5O4. The van der Waals surface area contributed by atoms with Crippen LogP contribution in [0.5, 0.6) is 0 Å². The molecule has 1 aliphatic rings. The molecule has 0 bridgehead atoms. The van der Waals surface area contributed by atoms with Crippen molar-refractivity contribution in [1.82, 2.24) is 20.0 Å². The molecule has 2 aromatic carbocycles. The summed E-state index contributed by atoms with van der Waals surface area (Å²) in [5, 5.41) is 27.7. The summed E-state index contributed by atoms with van der Waals surface area (Å²) < 4.78 is 1.44. The highest BCUT2D eigenvalue weighted by molar-refractivity contribution is 5.92. The molecule has 3 aromatic rings. The summed E-state index contributed by atoms with van der Waals surface area (Å²) in [5.74, 6) is -0.315. The molecule has 9 heteroatoms. The number of carbonyl (C=O) groups excluding carboxylic acids is 1. The van der Waals surface area contributed by atoms with Crippen LogP contribution in [0.15, 0.2) is 60.8 Å². The molecule has 4 rings (SSSR count). The molecule has 1 aromatic heterocycles. The van der Waals surface area contributed by atoms with Crippen molar-refractivity contribution in [3.05, 3.63) is 87.7 Å². The van der Waals surface area contributed by atoms with Crippen LogP contribution in [-0.2, 0) is 13.1 Å². The Hall–Kier alpha value is -3.56. The summed E-state index contributed by atoms with van der Waals surface area (Å²) in [6.07, 6.45) is 3.07. The van der Waals surface area contributed by atoms with Gasteiger partial charge < -0.3 is 10.4 Å². The number of piperidine rings is 1. The Labute approximate surface area is 185 Å². The molecule has 0 aliphatic carbocycles. The molecule has 0 saturated carbocycles. The number of non-ortho nitro benzene ring substituents is 1. The average molecular weight is 435 g/mol. The zero-order chi connectivity index (χ0) is 22.5. The van der Waals surface area contributed by atoms with E-state index in [1.807, 2.05) is 12.1 Å². The van der Waals surface area contributed by atoms with Gasteiger partial charge in [-0.3, -0.25) is 19.8 Å². The van der Waals surface area contributed by atoms with Crippen molar-refractivity contribution in [3.63, 3.8) is 0 Å². The number of amides is 1. The highest BCUT2D eigenvalue weighted by Gasteiger charge is 2.17. The maximum atomic E-state index is 12.5. The molecule has 0 spiro atoms. The van der Waals surface area contributed by atoms with Gasteiger partial charge in [0, 0.05) is 44.5 Å². The fourth-order valence-corrected chi connectivity index (χ4v) is 3.71. The number of nitro groups is 1. The van der Waals surface area contributed by atoms with Crippen LogP contribution < -0.4 is 5.32 Å². The minimum absolute atomic E-state index is 0.0367. The van der Waals surface area contributed by atoms with E-state index < -0.39 is 4.92 Å². The highest BCUT2D eigenvalue weighted by Crippen LogP contribution is 2.17. The first-order valence-corrected chi connectivity index (χ1v) is 10.5. The van der Waals surface area contributed by atoms with E-state index in [9.17, 15) is 20.0 Å². The van der Waals surface area contributed by atoms with Gasteiger partial charge in [0.1, 0.15) is 0 Å². The second-order valence-corrected chi connectivity index (χ2v) is 7.93. The third-order valence-corrected chi connectivity index (χ3v) is 5.57. The Morgan fingerprint density at radius 1 is 1.12 bits per heavy atom. The van der Waals surface area contributed by atoms with Gasteiger partial charge in [0.15, 0.2) is 5.69 Å². The van der Waals surface area contributed by atoms with E-state index in [4.69, 9.17) is 0 Å². The quantitative estimate of drug-likeness (QED) is 0.436. The number of nitro benzene ring substituents is 1. The number of aromatic nitrogens is 2. The Balaban J connectivity index is 1.31. The molecule has 0 radical (unpaired) electrons. The Morgan fingerprint density at radius 2 is 1.84 bits per heavy atom. The molecule has 2 N–H and O–H groups in total. The van der Waals surface area contributed by atoms with Crippen LogP contribution in [-0.4, -0.2) is 49.8 Å². The van der Waals surface area contributed by atoms with E-state index in [1.165, 1.54) is 22.4 Å². The molecule has 1 fully saturated rings. The predicted molar refractivity (Wildman–Crippen MR) is 118 cm³/mol. The maximum Gasteiger partial charge on any atom is 0.272 e. The van der Waals surface area contributed by atoms with Gasteiger partial charge in [0.25, 0.3) is 11.6 Å². The van der Waals surface area contributed by atoms with E-state index >= 15 is 0 Å². The van der Waals surface area contributed by atoms with Crippen LogP contribution in [0.2, 0.25) is 0 Å². The largest absolute Gasteiger partial charge is 0.393 e. The van der Waals surface area contributed by atoms with Gasteiger partial charge >= 0.3 is 0 Å². The number of hydrogen-bond acceptors (Lipinski definition) is 6. The summed E-state index contributed by atoms with van der Waals surface area (Å²) in [4.78, 5) is 25.3. The molecule has 0 atom stereocenters. The van der Waals surface area contributed by atoms with E-state index in [0.29, 0.717) is 12.2 Å². The van der Waals surface area contributed by atoms with Gasteiger partial charge in [-0.25, -0.2) is 4.68 Å². The lowest BCUT2D eigenvalue weighted by atomic mass is 10.1. The number of carbonyl (C=O) groups is 1. The molecule has 0 unspecified atom stereocenters. The zero-order valence-corrected chi connectivity index (χ0v) is 17.6. The molecule has 166 valence electrons. The first-order chi connectivity index (χ1) is 15.5. The number of aliphatic hydroxyl groups excluding tert-OH is 1.